The van der Waals surface area contributed by atoms with Crippen molar-refractivity contribution in [3.63, 3.8) is 0 Å². The molecule has 2 N–H and O–H groups in total. The molecule has 12 heteroatoms. The van der Waals surface area contributed by atoms with Crippen molar-refractivity contribution in [2.24, 2.45) is 0 Å². The van der Waals surface area contributed by atoms with Crippen molar-refractivity contribution in [1.82, 2.24) is 9.97 Å². The van der Waals surface area contributed by atoms with E-state index in [9.17, 15) is 13.2 Å². The largest absolute Gasteiger partial charge is 0.333 e. The minimum absolute atomic E-state index is 0.0397. The Labute approximate surface area is 205 Å². The van der Waals surface area contributed by atoms with Gasteiger partial charge in [-0.05, 0) is 37.1 Å². The number of aryl methyl sites for hydroxylation is 2. The van der Waals surface area contributed by atoms with E-state index >= 15 is 0 Å². The second kappa shape index (κ2) is 11.8. The molecule has 0 aliphatic heterocycles. The van der Waals surface area contributed by atoms with Crippen molar-refractivity contribution in [1.29, 1.82) is 0 Å². The van der Waals surface area contributed by atoms with Crippen LogP contribution < -0.4 is 10.0 Å². The molecule has 0 bridgehead atoms. The van der Waals surface area contributed by atoms with Crippen LogP contribution in [0.25, 0.3) is 20.2 Å². The molecule has 0 unspecified atom stereocenters. The number of anilines is 2. The molecule has 0 atom stereocenters. The van der Waals surface area contributed by atoms with Crippen LogP contribution in [0.15, 0.2) is 36.9 Å². The highest BCUT2D eigenvalue weighted by atomic mass is 35.5. The first-order valence-electron chi connectivity index (χ1n) is 9.21. The van der Waals surface area contributed by atoms with E-state index in [-0.39, 0.29) is 5.91 Å². The van der Waals surface area contributed by atoms with Crippen LogP contribution in [0, 0.1) is 26.4 Å². The summed E-state index contributed by atoms with van der Waals surface area (Å²) < 4.78 is 30.2. The number of thiophene rings is 2. The Morgan fingerprint density at radius 3 is 1.88 bits per heavy atom. The molecular formula is C21H21ClN4O4S3. The van der Waals surface area contributed by atoms with Gasteiger partial charge in [0.05, 0.1) is 20.7 Å². The fourth-order valence-electron chi connectivity index (χ4n) is 2.66. The Bertz CT molecular complexity index is 1410. The quantitative estimate of drug-likeness (QED) is 0.352. The van der Waals surface area contributed by atoms with Gasteiger partial charge in [0.25, 0.3) is 0 Å². The molecule has 1 amide bonds. The summed E-state index contributed by atoms with van der Waals surface area (Å²) in [5.41, 5.74) is 2.18. The summed E-state index contributed by atoms with van der Waals surface area (Å²) >= 11 is 7.38. The van der Waals surface area contributed by atoms with Gasteiger partial charge >= 0.3 is 0 Å². The highest BCUT2D eigenvalue weighted by molar-refractivity contribution is 7.92. The molecule has 0 radical (unpaired) electrons. The number of terminal acetylenes is 1. The average Bonchev–Trinajstić information content (AvgIpc) is 3.31. The highest BCUT2D eigenvalue weighted by Gasteiger charge is 2.08. The number of sulfonamides is 1. The van der Waals surface area contributed by atoms with Crippen molar-refractivity contribution in [3.8, 4) is 12.5 Å². The lowest BCUT2D eigenvalue weighted by atomic mass is 10.2. The first kappa shape index (κ1) is 26.3. The molecule has 4 aromatic heterocycles. The lowest BCUT2D eigenvalue weighted by Gasteiger charge is -1.96. The molecule has 8 nitrogen and oxygen atoms in total. The molecule has 0 saturated heterocycles. The number of fused-ring (bicyclic) bond motifs is 2. The topological polar surface area (TPSA) is 110 Å². The maximum absolute atomic E-state index is 11.0. The number of halogens is 1. The van der Waals surface area contributed by atoms with Crippen molar-refractivity contribution in [3.05, 3.63) is 48.0 Å². The Morgan fingerprint density at radius 2 is 1.48 bits per heavy atom. The summed E-state index contributed by atoms with van der Waals surface area (Å²) in [6.07, 6.45) is 14.4. The molecule has 0 saturated carbocycles. The molecule has 4 heterocycles. The van der Waals surface area contributed by atoms with E-state index in [0.717, 1.165) is 42.6 Å². The Balaban J connectivity index is 0.000000202. The number of nitrogens with zero attached hydrogens (tertiary/aromatic N) is 2. The SMILES string of the molecule is C#COCl.CC(=O)Nc1cc2c(C)cncc2s1.Cc1cncc2sc(NS(C)(=O)=O)cc12. The van der Waals surface area contributed by atoms with Crippen LogP contribution >= 0.6 is 34.5 Å². The minimum atomic E-state index is -3.20. The normalized spacial score (nSPS) is 10.3. The third-order valence-corrected chi connectivity index (χ3v) is 6.70. The summed E-state index contributed by atoms with van der Waals surface area (Å²) in [5.74, 6) is -0.0397. The zero-order valence-electron chi connectivity index (χ0n) is 18.2. The number of pyridine rings is 2. The molecule has 0 aromatic carbocycles. The smallest absolute Gasteiger partial charge is 0.230 e. The highest BCUT2D eigenvalue weighted by Crippen LogP contribution is 2.32. The van der Waals surface area contributed by atoms with Gasteiger partial charge < -0.3 is 9.61 Å². The fourth-order valence-corrected chi connectivity index (χ4v) is 5.61. The standard InChI is InChI=1S/C10H10N2OS.C9H10N2O2S2.C2HClO/c1-6-4-11-5-9-8(6)3-10(14-9)12-7(2)13;1-6-4-10-5-8-7(6)3-9(14-8)11-15(2,12)13;1-2-4-3/h3-5H,1-2H3,(H,12,13);3-5,11H,1-2H3;1H. The van der Waals surface area contributed by atoms with Crippen molar-refractivity contribution in [2.75, 3.05) is 16.3 Å². The van der Waals surface area contributed by atoms with Gasteiger partial charge in [0.15, 0.2) is 0 Å². The molecule has 0 spiro atoms. The number of hydrogen-bond acceptors (Lipinski definition) is 8. The van der Waals surface area contributed by atoms with Crippen LogP contribution in [0.4, 0.5) is 10.0 Å². The third-order valence-electron chi connectivity index (χ3n) is 3.92. The Kier molecular flexibility index (Phi) is 9.43. The van der Waals surface area contributed by atoms with Crippen LogP contribution in [-0.4, -0.2) is 30.5 Å². The number of carbonyl (C=O) groups is 1. The van der Waals surface area contributed by atoms with Crippen LogP contribution in [0.1, 0.15) is 18.1 Å². The number of nitrogens with one attached hydrogen (secondary N) is 2. The monoisotopic (exact) mass is 524 g/mol. The maximum Gasteiger partial charge on any atom is 0.230 e. The maximum atomic E-state index is 11.0. The van der Waals surface area contributed by atoms with Crippen molar-refractivity contribution < 1.29 is 17.5 Å². The van der Waals surface area contributed by atoms with E-state index in [4.69, 9.17) is 0 Å². The van der Waals surface area contributed by atoms with Gasteiger partial charge in [-0.25, -0.2) is 8.42 Å². The van der Waals surface area contributed by atoms with E-state index < -0.39 is 10.0 Å². The average molecular weight is 525 g/mol. The van der Waals surface area contributed by atoms with Crippen LogP contribution in [0.3, 0.4) is 0 Å². The molecule has 4 rings (SSSR count). The predicted molar refractivity (Wildman–Crippen MR) is 137 cm³/mol. The molecular weight excluding hydrogens is 504 g/mol. The van der Waals surface area contributed by atoms with E-state index in [1.54, 1.807) is 29.8 Å². The lowest BCUT2D eigenvalue weighted by Crippen LogP contribution is -2.07. The van der Waals surface area contributed by atoms with Crippen molar-refractivity contribution >= 4 is 80.6 Å². The summed E-state index contributed by atoms with van der Waals surface area (Å²) in [4.78, 5) is 19.0. The Hall–Kier alpha value is -2.91. The molecule has 0 fully saturated rings. The summed E-state index contributed by atoms with van der Waals surface area (Å²) in [7, 11) is -3.20. The predicted octanol–water partition coefficient (Wildman–Crippen LogP) is 5.29. The summed E-state index contributed by atoms with van der Waals surface area (Å²) in [6.45, 7) is 5.47. The number of hydrogen-bond donors (Lipinski definition) is 2. The lowest BCUT2D eigenvalue weighted by molar-refractivity contribution is -0.114. The van der Waals surface area contributed by atoms with Gasteiger partial charge in [-0.15, -0.1) is 22.7 Å². The number of carbonyl (C=O) groups excluding carboxylic acids is 1. The van der Waals surface area contributed by atoms with Crippen LogP contribution in [0.5, 0.6) is 0 Å². The Morgan fingerprint density at radius 1 is 1.03 bits per heavy atom. The van der Waals surface area contributed by atoms with E-state index in [1.165, 1.54) is 18.3 Å². The van der Waals surface area contributed by atoms with Gasteiger partial charge in [0.1, 0.15) is 23.0 Å². The molecule has 0 aliphatic carbocycles. The second-order valence-electron chi connectivity index (χ2n) is 6.71. The number of aromatic nitrogens is 2. The molecule has 0 aliphatic rings. The fraction of sp³-hybridized carbons (Fsp3) is 0.190. The van der Waals surface area contributed by atoms with Crippen LogP contribution in [0.2, 0.25) is 0 Å². The van der Waals surface area contributed by atoms with Gasteiger partial charge in [-0.3, -0.25) is 19.5 Å². The van der Waals surface area contributed by atoms with Gasteiger partial charge in [0, 0.05) is 42.5 Å². The van der Waals surface area contributed by atoms with Gasteiger partial charge in [0.2, 0.25) is 15.9 Å². The van der Waals surface area contributed by atoms with E-state index in [1.807, 2.05) is 38.4 Å². The first-order chi connectivity index (χ1) is 15.5. The van der Waals surface area contributed by atoms with E-state index in [0.29, 0.717) is 5.00 Å². The zero-order chi connectivity index (χ0) is 24.6. The van der Waals surface area contributed by atoms with Crippen molar-refractivity contribution in [2.45, 2.75) is 20.8 Å². The number of amides is 1. The summed E-state index contributed by atoms with van der Waals surface area (Å²) in [6, 6.07) is 3.82. The molecule has 33 heavy (non-hydrogen) atoms. The first-order valence-corrected chi connectivity index (χ1v) is 13.0. The zero-order valence-corrected chi connectivity index (χ0v) is 21.4. The third kappa shape index (κ3) is 8.18. The van der Waals surface area contributed by atoms with Gasteiger partial charge in [-0.2, -0.15) is 0 Å². The minimum Gasteiger partial charge on any atom is -0.333 e. The molecule has 174 valence electrons. The van der Waals surface area contributed by atoms with Crippen LogP contribution in [-0.2, 0) is 19.1 Å². The summed E-state index contributed by atoms with van der Waals surface area (Å²) in [5, 5.41) is 6.48. The second-order valence-corrected chi connectivity index (χ2v) is 10.8. The number of rotatable bonds is 3. The van der Waals surface area contributed by atoms with E-state index in [2.05, 4.69) is 42.6 Å². The van der Waals surface area contributed by atoms with Gasteiger partial charge in [-0.1, -0.05) is 6.42 Å². The molecule has 4 aromatic rings.